The second-order valence-corrected chi connectivity index (χ2v) is 3.71. The zero-order valence-electron chi connectivity index (χ0n) is 4.36. The highest BCUT2D eigenvalue weighted by atomic mass is 28.2. The van der Waals surface area contributed by atoms with E-state index in [0.717, 1.165) is 0 Å². The molecule has 0 aliphatic carbocycles. The van der Waals surface area contributed by atoms with Crippen LogP contribution in [0.3, 0.4) is 0 Å². The van der Waals surface area contributed by atoms with E-state index in [9.17, 15) is 0 Å². The molecule has 0 aromatic carbocycles. The molecule has 0 rings (SSSR count). The quantitative estimate of drug-likeness (QED) is 0.433. The van der Waals surface area contributed by atoms with Gasteiger partial charge in [0.2, 0.25) is 0 Å². The van der Waals surface area contributed by atoms with Gasteiger partial charge in [-0.3, -0.25) is 0 Å². The van der Waals surface area contributed by atoms with Gasteiger partial charge in [-0.1, -0.05) is 19.2 Å². The van der Waals surface area contributed by atoms with Crippen molar-refractivity contribution in [3.63, 3.8) is 0 Å². The molecule has 0 aromatic heterocycles. The first-order chi connectivity index (χ1) is 2.81. The molecule has 0 bridgehead atoms. The minimum absolute atomic E-state index is 0.229. The van der Waals surface area contributed by atoms with Crippen LogP contribution >= 0.6 is 0 Å². The van der Waals surface area contributed by atoms with E-state index >= 15 is 0 Å². The van der Waals surface area contributed by atoms with E-state index in [1.165, 1.54) is 0 Å². The summed E-state index contributed by atoms with van der Waals surface area (Å²) < 4.78 is 0. The molecule has 0 radical (unpaired) electrons. The third-order valence-corrected chi connectivity index (χ3v) is 2.33. The fourth-order valence-corrected chi connectivity index (χ4v) is 0.354. The Hall–Kier alpha value is -0.173. The number of hydrogen-bond donors (Lipinski definition) is 0. The van der Waals surface area contributed by atoms with E-state index in [4.69, 9.17) is 0 Å². The molecule has 0 N–H and O–H groups in total. The second-order valence-electron chi connectivity index (χ2n) is 1.24. The lowest BCUT2D eigenvalue weighted by atomic mass is 11.0. The fraction of sp³-hybridized carbons (Fsp3) is 0.400. The van der Waals surface area contributed by atoms with Gasteiger partial charge in [-0.05, 0) is 0 Å². The van der Waals surface area contributed by atoms with Crippen molar-refractivity contribution < 1.29 is 0 Å². The molecule has 0 saturated heterocycles. The third-order valence-electron chi connectivity index (χ3n) is 0.777. The number of rotatable bonds is 1. The highest BCUT2D eigenvalue weighted by Gasteiger charge is 1.69. The molecular formula is C5H10Si. The van der Waals surface area contributed by atoms with Crippen molar-refractivity contribution in [3.05, 3.63) is 12.3 Å². The summed E-state index contributed by atoms with van der Waals surface area (Å²) in [4.78, 5) is 0. The maximum Gasteiger partial charge on any atom is 0.0285 e. The first kappa shape index (κ1) is 5.83. The highest BCUT2D eigenvalue weighted by Crippen LogP contribution is 1.63. The second kappa shape index (κ2) is 3.03. The molecule has 0 fully saturated rings. The average Bonchev–Trinajstić information content (AvgIpc) is 1.65. The topological polar surface area (TPSA) is 0 Å². The molecule has 0 aliphatic rings. The predicted octanol–water partition coefficient (Wildman–Crippen LogP) is 1.24. The van der Waals surface area contributed by atoms with E-state index < -0.39 is 0 Å². The minimum Gasteiger partial charge on any atom is -0.103 e. The molecule has 0 nitrogen and oxygen atoms in total. The Bertz CT molecular complexity index is 72.0. The van der Waals surface area contributed by atoms with Crippen LogP contribution in [0.15, 0.2) is 12.3 Å². The summed E-state index contributed by atoms with van der Waals surface area (Å²) in [7, 11) is -0.229. The molecular weight excluding hydrogens is 88.1 g/mol. The van der Waals surface area contributed by atoms with E-state index in [-0.39, 0.29) is 8.41 Å². The van der Waals surface area contributed by atoms with Crippen LogP contribution in [-0.4, -0.2) is 14.1 Å². The van der Waals surface area contributed by atoms with Gasteiger partial charge in [0.15, 0.2) is 0 Å². The Morgan fingerprint density at radius 2 is 2.17 bits per heavy atom. The van der Waals surface area contributed by atoms with Gasteiger partial charge in [0.25, 0.3) is 0 Å². The van der Waals surface area contributed by atoms with E-state index in [1.807, 2.05) is 5.70 Å². The molecule has 0 unspecified atom stereocenters. The SMILES string of the molecule is C=C[Si](C)=CC. The first-order valence-corrected chi connectivity index (χ1v) is 4.22. The number of hydrogen-bond acceptors (Lipinski definition) is 0. The van der Waals surface area contributed by atoms with Crippen molar-refractivity contribution in [2.45, 2.75) is 13.5 Å². The molecule has 6 heavy (non-hydrogen) atoms. The Labute approximate surface area is 40.7 Å². The van der Waals surface area contributed by atoms with Crippen molar-refractivity contribution in [2.24, 2.45) is 0 Å². The zero-order chi connectivity index (χ0) is 4.99. The van der Waals surface area contributed by atoms with Gasteiger partial charge in [-0.15, -0.1) is 12.3 Å². The molecule has 0 heterocycles. The zero-order valence-corrected chi connectivity index (χ0v) is 5.36. The lowest BCUT2D eigenvalue weighted by Crippen LogP contribution is -1.87. The lowest BCUT2D eigenvalue weighted by Gasteiger charge is -1.76. The van der Waals surface area contributed by atoms with Gasteiger partial charge in [0, 0.05) is 8.41 Å². The summed E-state index contributed by atoms with van der Waals surface area (Å²) in [5.74, 6) is 0. The van der Waals surface area contributed by atoms with Crippen LogP contribution < -0.4 is 0 Å². The fourth-order valence-electron chi connectivity index (χ4n) is 0.118. The summed E-state index contributed by atoms with van der Waals surface area (Å²) in [6.45, 7) is 7.93. The van der Waals surface area contributed by atoms with Crippen LogP contribution in [0.25, 0.3) is 0 Å². The Morgan fingerprint density at radius 3 is 2.17 bits per heavy atom. The van der Waals surface area contributed by atoms with Crippen molar-refractivity contribution in [3.8, 4) is 0 Å². The molecule has 1 heteroatoms. The van der Waals surface area contributed by atoms with E-state index in [0.29, 0.717) is 0 Å². The van der Waals surface area contributed by atoms with Gasteiger partial charge < -0.3 is 0 Å². The molecule has 34 valence electrons. The molecule has 0 aliphatic heterocycles. The molecule has 0 aromatic rings. The largest absolute Gasteiger partial charge is 0.103 e. The molecule has 0 atom stereocenters. The van der Waals surface area contributed by atoms with Crippen molar-refractivity contribution in [1.82, 2.24) is 0 Å². The summed E-state index contributed by atoms with van der Waals surface area (Å²) >= 11 is 0. The van der Waals surface area contributed by atoms with E-state index in [2.05, 4.69) is 25.7 Å². The maximum atomic E-state index is 3.65. The predicted molar refractivity (Wildman–Crippen MR) is 33.6 cm³/mol. The van der Waals surface area contributed by atoms with Crippen LogP contribution in [0.1, 0.15) is 6.92 Å². The average molecular weight is 98.2 g/mol. The molecule has 0 spiro atoms. The summed E-state index contributed by atoms with van der Waals surface area (Å²) in [5, 5.41) is 0. The van der Waals surface area contributed by atoms with Crippen molar-refractivity contribution in [1.29, 1.82) is 0 Å². The van der Waals surface area contributed by atoms with Crippen molar-refractivity contribution >= 4 is 14.1 Å². The van der Waals surface area contributed by atoms with Crippen LogP contribution in [0.2, 0.25) is 6.55 Å². The first-order valence-electron chi connectivity index (χ1n) is 2.06. The molecule has 0 amide bonds. The summed E-state index contributed by atoms with van der Waals surface area (Å²) in [5.41, 5.74) is 4.22. The summed E-state index contributed by atoms with van der Waals surface area (Å²) in [6, 6.07) is 0. The monoisotopic (exact) mass is 98.1 g/mol. The molecule has 0 saturated carbocycles. The maximum absolute atomic E-state index is 3.65. The van der Waals surface area contributed by atoms with Crippen LogP contribution in [0.5, 0.6) is 0 Å². The normalized spacial score (nSPS) is 11.3. The van der Waals surface area contributed by atoms with Gasteiger partial charge in [0.05, 0.1) is 0 Å². The van der Waals surface area contributed by atoms with Crippen molar-refractivity contribution in [2.75, 3.05) is 0 Å². The highest BCUT2D eigenvalue weighted by molar-refractivity contribution is 6.69. The summed E-state index contributed by atoms with van der Waals surface area (Å²) in [6.07, 6.45) is 0. The third kappa shape index (κ3) is 2.09. The van der Waals surface area contributed by atoms with Gasteiger partial charge in [0.1, 0.15) is 0 Å². The van der Waals surface area contributed by atoms with Crippen LogP contribution in [0, 0.1) is 0 Å². The van der Waals surface area contributed by atoms with Crippen LogP contribution in [0.4, 0.5) is 0 Å². The van der Waals surface area contributed by atoms with Gasteiger partial charge in [-0.2, -0.15) is 0 Å². The standard InChI is InChI=1S/C5H10Si/c1-4-6(3)5-2/h4-5H,1H2,2-3H3. The van der Waals surface area contributed by atoms with E-state index in [1.54, 1.807) is 0 Å². The minimum atomic E-state index is -0.229. The Balaban J connectivity index is 3.50. The Kier molecular flexibility index (Phi) is 2.95. The van der Waals surface area contributed by atoms with Gasteiger partial charge in [-0.25, -0.2) is 0 Å². The Morgan fingerprint density at radius 1 is 1.67 bits per heavy atom. The van der Waals surface area contributed by atoms with Crippen LogP contribution in [-0.2, 0) is 0 Å². The lowest BCUT2D eigenvalue weighted by molar-refractivity contribution is 2.09. The van der Waals surface area contributed by atoms with Gasteiger partial charge >= 0.3 is 0 Å². The smallest absolute Gasteiger partial charge is 0.0285 e.